The van der Waals surface area contributed by atoms with E-state index < -0.39 is 0 Å². The Kier molecular flexibility index (Phi) is 4.31. The fourth-order valence-electron chi connectivity index (χ4n) is 3.13. The lowest BCUT2D eigenvalue weighted by atomic mass is 10.0. The van der Waals surface area contributed by atoms with E-state index in [4.69, 9.17) is 0 Å². The predicted octanol–water partition coefficient (Wildman–Crippen LogP) is 3.19. The third-order valence-corrected chi connectivity index (χ3v) is 5.22. The number of carbonyl (C=O) groups is 1. The van der Waals surface area contributed by atoms with Crippen LogP contribution in [0.5, 0.6) is 0 Å². The third kappa shape index (κ3) is 3.32. The molecule has 2 aromatic heterocycles. The van der Waals surface area contributed by atoms with E-state index in [0.29, 0.717) is 5.69 Å². The molecule has 1 amide bonds. The Balaban J connectivity index is 1.41. The van der Waals surface area contributed by atoms with Gasteiger partial charge >= 0.3 is 0 Å². The van der Waals surface area contributed by atoms with Crippen molar-refractivity contribution in [3.05, 3.63) is 52.6 Å². The maximum Gasteiger partial charge on any atom is 0.273 e. The summed E-state index contributed by atoms with van der Waals surface area (Å²) in [5.41, 5.74) is 5.44. The average molecular weight is 353 g/mol. The zero-order valence-electron chi connectivity index (χ0n) is 14.0. The molecule has 3 heterocycles. The number of rotatable bonds is 3. The fourth-order valence-corrected chi connectivity index (χ4v) is 3.65. The second kappa shape index (κ2) is 6.76. The highest BCUT2D eigenvalue weighted by Gasteiger charge is 2.26. The second-order valence-corrected chi connectivity index (χ2v) is 7.07. The maximum absolute atomic E-state index is 12.4. The smallest absolute Gasteiger partial charge is 0.273 e. The summed E-state index contributed by atoms with van der Waals surface area (Å²) in [6.07, 6.45) is 3.77. The molecule has 0 N–H and O–H groups in total. The molecule has 25 heavy (non-hydrogen) atoms. The second-order valence-electron chi connectivity index (χ2n) is 6.35. The summed E-state index contributed by atoms with van der Waals surface area (Å²) in [4.78, 5) is 18.3. The van der Waals surface area contributed by atoms with Gasteiger partial charge in [0.1, 0.15) is 11.4 Å². The first kappa shape index (κ1) is 16.0. The van der Waals surface area contributed by atoms with Crippen LogP contribution in [0.4, 0.5) is 0 Å². The van der Waals surface area contributed by atoms with Crippen molar-refractivity contribution in [3.63, 3.8) is 0 Å². The van der Waals surface area contributed by atoms with Crippen molar-refractivity contribution in [1.82, 2.24) is 24.9 Å². The topological polar surface area (TPSA) is 63.9 Å². The van der Waals surface area contributed by atoms with E-state index in [9.17, 15) is 4.79 Å². The van der Waals surface area contributed by atoms with Crippen LogP contribution < -0.4 is 0 Å². The standard InChI is InChI=1S/C18H19N5OS/c1-13-2-4-14(5-3-13)16-10-23(21-20-16)15-6-8-22(9-7-15)18(24)17-11-25-12-19-17/h2-5,10-12,15H,6-9H2,1H3. The number of carbonyl (C=O) groups excluding carboxylic acids is 1. The van der Waals surface area contributed by atoms with Gasteiger partial charge in [0.15, 0.2) is 0 Å². The largest absolute Gasteiger partial charge is 0.337 e. The Morgan fingerprint density at radius 2 is 1.96 bits per heavy atom. The quantitative estimate of drug-likeness (QED) is 0.725. The van der Waals surface area contributed by atoms with Gasteiger partial charge in [0.05, 0.1) is 17.7 Å². The Morgan fingerprint density at radius 1 is 1.20 bits per heavy atom. The number of aromatic nitrogens is 4. The fraction of sp³-hybridized carbons (Fsp3) is 0.333. The van der Waals surface area contributed by atoms with Crippen molar-refractivity contribution >= 4 is 17.2 Å². The molecule has 0 atom stereocenters. The molecule has 0 spiro atoms. The lowest BCUT2D eigenvalue weighted by Gasteiger charge is -2.31. The monoisotopic (exact) mass is 353 g/mol. The van der Waals surface area contributed by atoms with Crippen LogP contribution in [0.1, 0.15) is 34.9 Å². The molecule has 0 unspecified atom stereocenters. The van der Waals surface area contributed by atoms with Gasteiger partial charge in [0.2, 0.25) is 0 Å². The van der Waals surface area contributed by atoms with E-state index in [2.05, 4.69) is 46.5 Å². The van der Waals surface area contributed by atoms with E-state index in [1.165, 1.54) is 16.9 Å². The molecule has 0 saturated carbocycles. The van der Waals surface area contributed by atoms with Gasteiger partial charge in [-0.1, -0.05) is 35.0 Å². The highest BCUT2D eigenvalue weighted by Crippen LogP contribution is 2.25. The first-order valence-corrected chi connectivity index (χ1v) is 9.31. The third-order valence-electron chi connectivity index (χ3n) is 4.63. The predicted molar refractivity (Wildman–Crippen MR) is 96.5 cm³/mol. The summed E-state index contributed by atoms with van der Waals surface area (Å²) < 4.78 is 1.94. The van der Waals surface area contributed by atoms with E-state index >= 15 is 0 Å². The molecule has 6 nitrogen and oxygen atoms in total. The molecule has 1 fully saturated rings. The molecule has 0 aliphatic carbocycles. The summed E-state index contributed by atoms with van der Waals surface area (Å²) in [6.45, 7) is 3.52. The van der Waals surface area contributed by atoms with Crippen LogP contribution in [0.3, 0.4) is 0 Å². The first-order chi connectivity index (χ1) is 12.2. The van der Waals surface area contributed by atoms with Crippen LogP contribution in [0.15, 0.2) is 41.4 Å². The Bertz CT molecular complexity index is 848. The minimum Gasteiger partial charge on any atom is -0.337 e. The minimum atomic E-state index is 0.0265. The molecular weight excluding hydrogens is 334 g/mol. The number of nitrogens with zero attached hydrogens (tertiary/aromatic N) is 5. The van der Waals surface area contributed by atoms with Crippen molar-refractivity contribution in [2.75, 3.05) is 13.1 Å². The van der Waals surface area contributed by atoms with Crippen LogP contribution in [-0.4, -0.2) is 43.9 Å². The molecule has 3 aromatic rings. The summed E-state index contributed by atoms with van der Waals surface area (Å²) in [5, 5.41) is 10.4. The van der Waals surface area contributed by atoms with Gasteiger partial charge in [-0.15, -0.1) is 16.4 Å². The summed E-state index contributed by atoms with van der Waals surface area (Å²) >= 11 is 1.45. The molecule has 0 bridgehead atoms. The van der Waals surface area contributed by atoms with Gasteiger partial charge in [-0.05, 0) is 19.8 Å². The van der Waals surface area contributed by atoms with E-state index in [-0.39, 0.29) is 11.9 Å². The van der Waals surface area contributed by atoms with E-state index in [0.717, 1.165) is 37.2 Å². The highest BCUT2D eigenvalue weighted by atomic mass is 32.1. The SMILES string of the molecule is Cc1ccc(-c2cn(C3CCN(C(=O)c4cscn4)CC3)nn2)cc1. The van der Waals surface area contributed by atoms with Crippen molar-refractivity contribution in [2.45, 2.75) is 25.8 Å². The van der Waals surface area contributed by atoms with Gasteiger partial charge in [0, 0.05) is 24.0 Å². The van der Waals surface area contributed by atoms with E-state index in [1.807, 2.05) is 15.8 Å². The van der Waals surface area contributed by atoms with Crippen molar-refractivity contribution < 1.29 is 4.79 Å². The Hall–Kier alpha value is -2.54. The molecule has 1 saturated heterocycles. The molecule has 128 valence electrons. The van der Waals surface area contributed by atoms with Gasteiger partial charge in [-0.25, -0.2) is 9.67 Å². The number of benzene rings is 1. The number of piperidine rings is 1. The lowest BCUT2D eigenvalue weighted by molar-refractivity contribution is 0.0684. The van der Waals surface area contributed by atoms with Crippen LogP contribution in [0.2, 0.25) is 0 Å². The number of likely N-dealkylation sites (tertiary alicyclic amines) is 1. The molecule has 1 aliphatic heterocycles. The molecular formula is C18H19N5OS. The number of hydrogen-bond donors (Lipinski definition) is 0. The van der Waals surface area contributed by atoms with Crippen LogP contribution in [0, 0.1) is 6.92 Å². The molecule has 4 rings (SSSR count). The molecule has 0 radical (unpaired) electrons. The van der Waals surface area contributed by atoms with Crippen molar-refractivity contribution in [1.29, 1.82) is 0 Å². The average Bonchev–Trinajstić information content (AvgIpc) is 3.34. The van der Waals surface area contributed by atoms with Crippen LogP contribution in [-0.2, 0) is 0 Å². The first-order valence-electron chi connectivity index (χ1n) is 8.37. The van der Waals surface area contributed by atoms with Crippen molar-refractivity contribution in [3.8, 4) is 11.3 Å². The summed E-state index contributed by atoms with van der Waals surface area (Å²) in [7, 11) is 0. The van der Waals surface area contributed by atoms with Gasteiger partial charge in [-0.2, -0.15) is 0 Å². The number of aryl methyl sites for hydroxylation is 1. The Morgan fingerprint density at radius 3 is 2.64 bits per heavy atom. The number of hydrogen-bond acceptors (Lipinski definition) is 5. The zero-order chi connectivity index (χ0) is 17.2. The maximum atomic E-state index is 12.4. The number of amides is 1. The van der Waals surface area contributed by atoms with Crippen LogP contribution in [0.25, 0.3) is 11.3 Å². The van der Waals surface area contributed by atoms with E-state index in [1.54, 1.807) is 10.9 Å². The normalized spacial score (nSPS) is 15.5. The summed E-state index contributed by atoms with van der Waals surface area (Å²) in [6, 6.07) is 8.58. The van der Waals surface area contributed by atoms with Crippen molar-refractivity contribution in [2.24, 2.45) is 0 Å². The molecule has 1 aromatic carbocycles. The van der Waals surface area contributed by atoms with Gasteiger partial charge < -0.3 is 4.90 Å². The zero-order valence-corrected chi connectivity index (χ0v) is 14.8. The summed E-state index contributed by atoms with van der Waals surface area (Å²) in [5.74, 6) is 0.0265. The lowest BCUT2D eigenvalue weighted by Crippen LogP contribution is -2.39. The molecule has 1 aliphatic rings. The van der Waals surface area contributed by atoms with Crippen LogP contribution >= 0.6 is 11.3 Å². The number of thiazole rings is 1. The molecule has 7 heteroatoms. The highest BCUT2D eigenvalue weighted by molar-refractivity contribution is 7.07. The Labute approximate surface area is 150 Å². The minimum absolute atomic E-state index is 0.0265. The van der Waals surface area contributed by atoms with Gasteiger partial charge in [-0.3, -0.25) is 4.79 Å². The van der Waals surface area contributed by atoms with Gasteiger partial charge in [0.25, 0.3) is 5.91 Å².